The van der Waals surface area contributed by atoms with Gasteiger partial charge in [0.25, 0.3) is 0 Å². The molecule has 1 aromatic rings. The lowest BCUT2D eigenvalue weighted by atomic mass is 10.1. The third-order valence-electron chi connectivity index (χ3n) is 3.95. The van der Waals surface area contributed by atoms with E-state index in [-0.39, 0.29) is 11.9 Å². The van der Waals surface area contributed by atoms with Crippen molar-refractivity contribution in [3.8, 4) is 0 Å². The molecule has 5 nitrogen and oxygen atoms in total. The molecule has 118 valence electrons. The number of aromatic nitrogens is 1. The van der Waals surface area contributed by atoms with E-state index in [0.717, 1.165) is 28.7 Å². The summed E-state index contributed by atoms with van der Waals surface area (Å²) in [7, 11) is 1.67. The zero-order valence-electron chi connectivity index (χ0n) is 13.1. The van der Waals surface area contributed by atoms with Gasteiger partial charge in [-0.25, -0.2) is 4.98 Å². The van der Waals surface area contributed by atoms with E-state index >= 15 is 0 Å². The van der Waals surface area contributed by atoms with E-state index in [4.69, 9.17) is 4.74 Å². The number of carbonyl (C=O) groups is 1. The lowest BCUT2D eigenvalue weighted by Crippen LogP contribution is -2.46. The highest BCUT2D eigenvalue weighted by Crippen LogP contribution is 2.19. The molecule has 1 N–H and O–H groups in total. The number of nitrogens with zero attached hydrogens (tertiary/aromatic N) is 2. The van der Waals surface area contributed by atoms with Gasteiger partial charge in [-0.3, -0.25) is 9.69 Å². The highest BCUT2D eigenvalue weighted by Gasteiger charge is 2.22. The summed E-state index contributed by atoms with van der Waals surface area (Å²) in [6.45, 7) is 7.13. The van der Waals surface area contributed by atoms with Crippen LogP contribution >= 0.6 is 11.3 Å². The van der Waals surface area contributed by atoms with Gasteiger partial charge in [0.1, 0.15) is 5.01 Å². The van der Waals surface area contributed by atoms with Crippen molar-refractivity contribution in [2.45, 2.75) is 52.3 Å². The quantitative estimate of drug-likeness (QED) is 0.874. The molecule has 0 bridgehead atoms. The van der Waals surface area contributed by atoms with Gasteiger partial charge in [-0.15, -0.1) is 11.3 Å². The van der Waals surface area contributed by atoms with Gasteiger partial charge >= 0.3 is 0 Å². The molecule has 2 heterocycles. The second kappa shape index (κ2) is 7.87. The molecule has 1 aliphatic heterocycles. The second-order valence-electron chi connectivity index (χ2n) is 5.54. The van der Waals surface area contributed by atoms with Crippen LogP contribution in [0.15, 0.2) is 0 Å². The number of methoxy groups -OCH3 is 1. The minimum absolute atomic E-state index is 0.0445. The number of hydrogen-bond acceptors (Lipinski definition) is 5. The summed E-state index contributed by atoms with van der Waals surface area (Å²) in [4.78, 5) is 20.1. The highest BCUT2D eigenvalue weighted by atomic mass is 32.1. The monoisotopic (exact) mass is 311 g/mol. The summed E-state index contributed by atoms with van der Waals surface area (Å²) in [6.07, 6.45) is 3.69. The van der Waals surface area contributed by atoms with Crippen molar-refractivity contribution in [3.05, 3.63) is 15.6 Å². The normalized spacial score (nSPS) is 17.7. The molecule has 0 saturated carbocycles. The first-order valence-corrected chi connectivity index (χ1v) is 8.39. The van der Waals surface area contributed by atoms with Crippen LogP contribution < -0.4 is 5.32 Å². The minimum Gasteiger partial charge on any atom is -0.378 e. The fraction of sp³-hybridized carbons (Fsp3) is 0.733. The third kappa shape index (κ3) is 4.49. The summed E-state index contributed by atoms with van der Waals surface area (Å²) in [5, 5.41) is 4.00. The Morgan fingerprint density at radius 2 is 2.14 bits per heavy atom. The molecule has 2 rings (SSSR count). The van der Waals surface area contributed by atoms with Gasteiger partial charge in [0.05, 0.1) is 24.9 Å². The Balaban J connectivity index is 1.85. The second-order valence-corrected chi connectivity index (χ2v) is 6.71. The van der Waals surface area contributed by atoms with Gasteiger partial charge in [-0.05, 0) is 39.8 Å². The number of piperidine rings is 1. The van der Waals surface area contributed by atoms with E-state index in [2.05, 4.69) is 15.2 Å². The molecule has 1 aliphatic rings. The number of aryl methyl sites for hydroxylation is 1. The van der Waals surface area contributed by atoms with Crippen molar-refractivity contribution in [1.82, 2.24) is 15.2 Å². The van der Waals surface area contributed by atoms with Gasteiger partial charge in [0.2, 0.25) is 5.91 Å². The van der Waals surface area contributed by atoms with Gasteiger partial charge in [-0.2, -0.15) is 0 Å². The fourth-order valence-electron chi connectivity index (χ4n) is 2.62. The van der Waals surface area contributed by atoms with Crippen LogP contribution in [0.5, 0.6) is 0 Å². The predicted molar refractivity (Wildman–Crippen MR) is 84.3 cm³/mol. The van der Waals surface area contributed by atoms with Gasteiger partial charge in [0.15, 0.2) is 0 Å². The fourth-order valence-corrected chi connectivity index (χ4v) is 3.61. The van der Waals surface area contributed by atoms with E-state index in [9.17, 15) is 4.79 Å². The first kappa shape index (κ1) is 16.4. The maximum absolute atomic E-state index is 12.3. The lowest BCUT2D eigenvalue weighted by molar-refractivity contribution is -0.126. The van der Waals surface area contributed by atoms with Crippen LogP contribution in [-0.4, -0.2) is 42.0 Å². The van der Waals surface area contributed by atoms with E-state index in [0.29, 0.717) is 13.2 Å². The maximum Gasteiger partial charge on any atom is 0.237 e. The van der Waals surface area contributed by atoms with E-state index in [1.807, 2.05) is 13.8 Å². The Morgan fingerprint density at radius 3 is 2.81 bits per heavy atom. The first-order valence-electron chi connectivity index (χ1n) is 7.57. The zero-order chi connectivity index (χ0) is 15.2. The topological polar surface area (TPSA) is 54.5 Å². The van der Waals surface area contributed by atoms with Crippen LogP contribution in [0.25, 0.3) is 0 Å². The van der Waals surface area contributed by atoms with Crippen LogP contribution in [0.4, 0.5) is 0 Å². The number of amides is 1. The molecule has 6 heteroatoms. The van der Waals surface area contributed by atoms with Crippen molar-refractivity contribution in [3.63, 3.8) is 0 Å². The SMILES string of the molecule is COCc1nc(C)c(CNC(=O)[C@H](C)N2CCCCC2)s1. The predicted octanol–water partition coefficient (Wildman–Crippen LogP) is 2.09. The molecule has 1 amide bonds. The third-order valence-corrected chi connectivity index (χ3v) is 5.08. The number of hydrogen-bond donors (Lipinski definition) is 1. The molecule has 0 unspecified atom stereocenters. The van der Waals surface area contributed by atoms with Crippen LogP contribution in [0.1, 0.15) is 41.8 Å². The van der Waals surface area contributed by atoms with Crippen LogP contribution in [-0.2, 0) is 22.7 Å². The molecular weight excluding hydrogens is 286 g/mol. The van der Waals surface area contributed by atoms with Crippen molar-refractivity contribution in [1.29, 1.82) is 0 Å². The average Bonchev–Trinajstić information content (AvgIpc) is 2.85. The Morgan fingerprint density at radius 1 is 1.43 bits per heavy atom. The molecular formula is C15H25N3O2S. The zero-order valence-corrected chi connectivity index (χ0v) is 14.0. The average molecular weight is 311 g/mol. The van der Waals surface area contributed by atoms with Crippen LogP contribution in [0.3, 0.4) is 0 Å². The molecule has 21 heavy (non-hydrogen) atoms. The lowest BCUT2D eigenvalue weighted by Gasteiger charge is -2.31. The molecule has 1 fully saturated rings. The summed E-state index contributed by atoms with van der Waals surface area (Å²) >= 11 is 1.61. The van der Waals surface area contributed by atoms with E-state index in [1.165, 1.54) is 19.3 Å². The smallest absolute Gasteiger partial charge is 0.237 e. The molecule has 0 spiro atoms. The number of rotatable bonds is 6. The summed E-state index contributed by atoms with van der Waals surface area (Å²) in [5.41, 5.74) is 0.984. The number of thiazole rings is 1. The number of likely N-dealkylation sites (tertiary alicyclic amines) is 1. The van der Waals surface area contributed by atoms with Crippen molar-refractivity contribution in [2.75, 3.05) is 20.2 Å². The number of ether oxygens (including phenoxy) is 1. The Bertz CT molecular complexity index is 469. The highest BCUT2D eigenvalue weighted by molar-refractivity contribution is 7.11. The van der Waals surface area contributed by atoms with Gasteiger partial charge in [0, 0.05) is 12.0 Å². The van der Waals surface area contributed by atoms with Gasteiger partial charge in [-0.1, -0.05) is 6.42 Å². The van der Waals surface area contributed by atoms with Crippen molar-refractivity contribution in [2.24, 2.45) is 0 Å². The Labute approximate surface area is 130 Å². The largest absolute Gasteiger partial charge is 0.378 e. The number of carbonyl (C=O) groups excluding carboxylic acids is 1. The summed E-state index contributed by atoms with van der Waals surface area (Å²) < 4.78 is 5.09. The standard InChI is InChI=1S/C15H25N3O2S/c1-11-13(21-14(17-11)10-20-3)9-16-15(19)12(2)18-7-5-4-6-8-18/h12H,4-10H2,1-3H3,(H,16,19)/t12-/m0/s1. The molecule has 0 aromatic carbocycles. The molecule has 0 aliphatic carbocycles. The molecule has 1 saturated heterocycles. The molecule has 1 atom stereocenters. The minimum atomic E-state index is -0.0445. The van der Waals surface area contributed by atoms with Crippen LogP contribution in [0, 0.1) is 6.92 Å². The number of nitrogens with one attached hydrogen (secondary N) is 1. The van der Waals surface area contributed by atoms with Crippen molar-refractivity contribution < 1.29 is 9.53 Å². The Hall–Kier alpha value is -0.980. The first-order chi connectivity index (χ1) is 10.1. The maximum atomic E-state index is 12.3. The van der Waals surface area contributed by atoms with Crippen LogP contribution in [0.2, 0.25) is 0 Å². The summed E-state index contributed by atoms with van der Waals surface area (Å²) in [6, 6.07) is -0.0445. The molecule has 0 radical (unpaired) electrons. The van der Waals surface area contributed by atoms with E-state index in [1.54, 1.807) is 18.4 Å². The van der Waals surface area contributed by atoms with Gasteiger partial charge < -0.3 is 10.1 Å². The van der Waals surface area contributed by atoms with E-state index < -0.39 is 0 Å². The Kier molecular flexibility index (Phi) is 6.14. The molecule has 1 aromatic heterocycles. The van der Waals surface area contributed by atoms with Crippen molar-refractivity contribution >= 4 is 17.2 Å². The summed E-state index contributed by atoms with van der Waals surface area (Å²) in [5.74, 6) is 0.109.